The highest BCUT2D eigenvalue weighted by molar-refractivity contribution is 7.89. The number of hydrogen-bond donors (Lipinski definition) is 1. The maximum absolute atomic E-state index is 13.1. The van der Waals surface area contributed by atoms with Gasteiger partial charge in [0.2, 0.25) is 10.0 Å². The van der Waals surface area contributed by atoms with E-state index in [4.69, 9.17) is 0 Å². The molecular weight excluding hydrogens is 307 g/mol. The van der Waals surface area contributed by atoms with Crippen molar-refractivity contribution in [3.63, 3.8) is 0 Å². The Balaban J connectivity index is 3.53. The summed E-state index contributed by atoms with van der Waals surface area (Å²) >= 11 is 0. The van der Waals surface area contributed by atoms with Gasteiger partial charge in [0.1, 0.15) is 0 Å². The molecule has 1 aromatic rings. The summed E-state index contributed by atoms with van der Waals surface area (Å²) in [4.78, 5) is 10.3. The lowest BCUT2D eigenvalue weighted by Crippen LogP contribution is -2.41. The lowest BCUT2D eigenvalue weighted by atomic mass is 10.1. The smallest absolute Gasteiger partial charge is 0.295 e. The molecule has 0 atom stereocenters. The molecule has 0 aromatic heterocycles. The number of Topliss-reactive ketones (excluding diaryl/α,β-unsaturated/α-hetero) is 1. The predicted molar refractivity (Wildman–Crippen MR) is 71.5 cm³/mol. The third-order valence-electron chi connectivity index (χ3n) is 2.42. The molecule has 8 heteroatoms. The van der Waals surface area contributed by atoms with Crippen LogP contribution in [0.3, 0.4) is 0 Å². The van der Waals surface area contributed by atoms with E-state index < -0.39 is 38.0 Å². The second kappa shape index (κ2) is 5.42. The minimum atomic E-state index is -4.88. The number of sulfonamides is 1. The van der Waals surface area contributed by atoms with Gasteiger partial charge in [-0.2, -0.15) is 13.2 Å². The Morgan fingerprint density at radius 1 is 1.14 bits per heavy atom. The van der Waals surface area contributed by atoms with E-state index in [-0.39, 0.29) is 5.56 Å². The summed E-state index contributed by atoms with van der Waals surface area (Å²) in [7, 11) is -4.36. The zero-order valence-electron chi connectivity index (χ0n) is 12.0. The van der Waals surface area contributed by atoms with Crippen molar-refractivity contribution in [2.45, 2.75) is 44.3 Å². The third-order valence-corrected chi connectivity index (χ3v) is 4.24. The molecule has 1 aromatic carbocycles. The first-order valence-electron chi connectivity index (χ1n) is 6.00. The van der Waals surface area contributed by atoms with Gasteiger partial charge in [-0.15, -0.1) is 0 Å². The summed E-state index contributed by atoms with van der Waals surface area (Å²) in [5, 5.41) is 0. The lowest BCUT2D eigenvalue weighted by molar-refractivity contribution is -0.139. The van der Waals surface area contributed by atoms with E-state index in [0.717, 1.165) is 19.1 Å². The fourth-order valence-electron chi connectivity index (χ4n) is 1.66. The van der Waals surface area contributed by atoms with Gasteiger partial charge in [0.15, 0.2) is 5.78 Å². The van der Waals surface area contributed by atoms with Crippen LogP contribution in [0.2, 0.25) is 0 Å². The molecule has 0 heterocycles. The quantitative estimate of drug-likeness (QED) is 0.870. The number of hydrogen-bond acceptors (Lipinski definition) is 3. The number of benzene rings is 1. The molecule has 1 N–H and O–H groups in total. The molecular formula is C13H16F3NO3S. The average Bonchev–Trinajstić information content (AvgIpc) is 2.23. The van der Waals surface area contributed by atoms with Crippen LogP contribution in [0.4, 0.5) is 13.2 Å². The molecule has 118 valence electrons. The standard InChI is InChI=1S/C13H16F3NO3S/c1-8(18)9-5-6-11(10(7-9)13(14,15)16)21(19,20)17-12(2,3)4/h5-7,17H,1-4H3. The van der Waals surface area contributed by atoms with E-state index in [0.29, 0.717) is 6.07 Å². The molecule has 0 saturated heterocycles. The predicted octanol–water partition coefficient (Wildman–Crippen LogP) is 2.98. The highest BCUT2D eigenvalue weighted by Crippen LogP contribution is 2.35. The van der Waals surface area contributed by atoms with Gasteiger partial charge in [-0.05, 0) is 39.8 Å². The first-order chi connectivity index (χ1) is 9.24. The summed E-state index contributed by atoms with van der Waals surface area (Å²) < 4.78 is 65.5. The zero-order valence-corrected chi connectivity index (χ0v) is 12.8. The Bertz CT molecular complexity index is 658. The number of nitrogens with one attached hydrogen (secondary N) is 1. The Morgan fingerprint density at radius 3 is 2.05 bits per heavy atom. The largest absolute Gasteiger partial charge is 0.417 e. The molecule has 1 rings (SSSR count). The molecule has 0 aliphatic heterocycles. The zero-order chi connectivity index (χ0) is 16.6. The van der Waals surface area contributed by atoms with Crippen molar-refractivity contribution in [2.75, 3.05) is 0 Å². The summed E-state index contributed by atoms with van der Waals surface area (Å²) in [5.41, 5.74) is -2.48. The molecule has 0 radical (unpaired) electrons. The van der Waals surface area contributed by atoms with Crippen molar-refractivity contribution >= 4 is 15.8 Å². The summed E-state index contributed by atoms with van der Waals surface area (Å²) in [5.74, 6) is -0.576. The van der Waals surface area contributed by atoms with Crippen molar-refractivity contribution in [2.24, 2.45) is 0 Å². The van der Waals surface area contributed by atoms with E-state index in [9.17, 15) is 26.4 Å². The molecule has 0 aliphatic rings. The number of rotatable bonds is 3. The number of halogens is 3. The van der Waals surface area contributed by atoms with Crippen molar-refractivity contribution in [3.05, 3.63) is 29.3 Å². The lowest BCUT2D eigenvalue weighted by Gasteiger charge is -2.22. The summed E-state index contributed by atoms with van der Waals surface area (Å²) in [6.45, 7) is 5.66. The molecule has 0 fully saturated rings. The van der Waals surface area contributed by atoms with Gasteiger partial charge >= 0.3 is 6.18 Å². The maximum Gasteiger partial charge on any atom is 0.417 e. The fourth-order valence-corrected chi connectivity index (χ4v) is 3.29. The van der Waals surface area contributed by atoms with Crippen LogP contribution >= 0.6 is 0 Å². The molecule has 0 aliphatic carbocycles. The van der Waals surface area contributed by atoms with Gasteiger partial charge in [0.05, 0.1) is 10.5 Å². The van der Waals surface area contributed by atoms with Crippen LogP contribution in [0.25, 0.3) is 0 Å². The first kappa shape index (κ1) is 17.6. The van der Waals surface area contributed by atoms with Crippen LogP contribution in [-0.4, -0.2) is 19.7 Å². The van der Waals surface area contributed by atoms with Gasteiger partial charge in [0, 0.05) is 11.1 Å². The molecule has 0 spiro atoms. The van der Waals surface area contributed by atoms with Crippen LogP contribution in [0.5, 0.6) is 0 Å². The minimum absolute atomic E-state index is 0.197. The monoisotopic (exact) mass is 323 g/mol. The topological polar surface area (TPSA) is 63.2 Å². The van der Waals surface area contributed by atoms with Crippen molar-refractivity contribution in [1.82, 2.24) is 4.72 Å². The van der Waals surface area contributed by atoms with E-state index in [1.165, 1.54) is 20.8 Å². The number of alkyl halides is 3. The Morgan fingerprint density at radius 2 is 1.67 bits per heavy atom. The second-order valence-electron chi connectivity index (χ2n) is 5.62. The minimum Gasteiger partial charge on any atom is -0.295 e. The van der Waals surface area contributed by atoms with Crippen molar-refractivity contribution in [3.8, 4) is 0 Å². The normalized spacial score (nSPS) is 13.3. The van der Waals surface area contributed by atoms with Crippen molar-refractivity contribution < 1.29 is 26.4 Å². The molecule has 0 bridgehead atoms. The SMILES string of the molecule is CC(=O)c1ccc(S(=O)(=O)NC(C)(C)C)c(C(F)(F)F)c1. The molecule has 0 saturated carbocycles. The number of carbonyl (C=O) groups excluding carboxylic acids is 1. The summed E-state index contributed by atoms with van der Waals surface area (Å²) in [6, 6.07) is 2.42. The fraction of sp³-hybridized carbons (Fsp3) is 0.462. The van der Waals surface area contributed by atoms with Crippen LogP contribution in [0, 0.1) is 0 Å². The van der Waals surface area contributed by atoms with E-state index in [1.807, 2.05) is 0 Å². The Kier molecular flexibility index (Phi) is 4.55. The van der Waals surface area contributed by atoms with Gasteiger partial charge < -0.3 is 0 Å². The molecule has 21 heavy (non-hydrogen) atoms. The van der Waals surface area contributed by atoms with E-state index in [1.54, 1.807) is 0 Å². The first-order valence-corrected chi connectivity index (χ1v) is 7.48. The summed E-state index contributed by atoms with van der Waals surface area (Å²) in [6.07, 6.45) is -4.88. The van der Waals surface area contributed by atoms with Crippen LogP contribution in [0.15, 0.2) is 23.1 Å². The number of carbonyl (C=O) groups is 1. The molecule has 0 amide bonds. The highest BCUT2D eigenvalue weighted by Gasteiger charge is 2.38. The maximum atomic E-state index is 13.1. The Labute approximate surface area is 121 Å². The Hall–Kier alpha value is -1.41. The number of ketones is 1. The van der Waals surface area contributed by atoms with E-state index in [2.05, 4.69) is 4.72 Å². The third kappa shape index (κ3) is 4.53. The van der Waals surface area contributed by atoms with Gasteiger partial charge in [-0.3, -0.25) is 4.79 Å². The van der Waals surface area contributed by atoms with Crippen molar-refractivity contribution in [1.29, 1.82) is 0 Å². The average molecular weight is 323 g/mol. The van der Waals surface area contributed by atoms with E-state index >= 15 is 0 Å². The van der Waals surface area contributed by atoms with Gasteiger partial charge in [-0.25, -0.2) is 13.1 Å². The molecule has 0 unspecified atom stereocenters. The second-order valence-corrected chi connectivity index (χ2v) is 7.27. The van der Waals surface area contributed by atoms with Crippen LogP contribution in [-0.2, 0) is 16.2 Å². The van der Waals surface area contributed by atoms with Gasteiger partial charge in [-0.1, -0.05) is 6.07 Å². The van der Waals surface area contributed by atoms with Crippen LogP contribution in [0.1, 0.15) is 43.6 Å². The van der Waals surface area contributed by atoms with Gasteiger partial charge in [0.25, 0.3) is 0 Å². The van der Waals surface area contributed by atoms with Crippen LogP contribution < -0.4 is 4.72 Å². The molecule has 4 nitrogen and oxygen atoms in total. The highest BCUT2D eigenvalue weighted by atomic mass is 32.2.